The van der Waals surface area contributed by atoms with Crippen molar-refractivity contribution >= 4 is 23.4 Å². The van der Waals surface area contributed by atoms with Crippen LogP contribution in [0.5, 0.6) is 5.75 Å². The Balaban J connectivity index is 1.97. The second kappa shape index (κ2) is 8.34. The molecule has 0 bridgehead atoms. The molecule has 0 aliphatic carbocycles. The van der Waals surface area contributed by atoms with E-state index in [9.17, 15) is 13.6 Å². The minimum absolute atomic E-state index is 0.0591. The van der Waals surface area contributed by atoms with Crippen molar-refractivity contribution in [3.05, 3.63) is 52.6 Å². The zero-order valence-electron chi connectivity index (χ0n) is 14.7. The largest absolute Gasteiger partial charge is 0.435 e. The van der Waals surface area contributed by atoms with E-state index >= 15 is 0 Å². The lowest BCUT2D eigenvalue weighted by Gasteiger charge is -2.14. The minimum Gasteiger partial charge on any atom is -0.435 e. The molecule has 0 aliphatic rings. The fraction of sp³-hybridized carbons (Fsp3) is 0.316. The van der Waals surface area contributed by atoms with Gasteiger partial charge in [0.25, 0.3) is 0 Å². The van der Waals surface area contributed by atoms with Crippen LogP contribution < -0.4 is 10.1 Å². The summed E-state index contributed by atoms with van der Waals surface area (Å²) in [6, 6.07) is 8.01. The van der Waals surface area contributed by atoms with E-state index in [1.54, 1.807) is 0 Å². The van der Waals surface area contributed by atoms with Crippen LogP contribution in [0.25, 0.3) is 0 Å². The summed E-state index contributed by atoms with van der Waals surface area (Å²) in [5.41, 5.74) is 5.34. The number of hydrogen-bond donors (Lipinski definition) is 1. The Hall–Kier alpha value is -2.08. The first-order chi connectivity index (χ1) is 11.8. The second-order valence-corrected chi connectivity index (χ2v) is 6.81. The summed E-state index contributed by atoms with van der Waals surface area (Å²) in [7, 11) is 0. The number of amides is 1. The van der Waals surface area contributed by atoms with Crippen LogP contribution in [0.3, 0.4) is 0 Å². The maximum atomic E-state index is 12.2. The highest BCUT2D eigenvalue weighted by Crippen LogP contribution is 2.31. The van der Waals surface area contributed by atoms with Gasteiger partial charge in [-0.2, -0.15) is 8.78 Å². The van der Waals surface area contributed by atoms with Crippen molar-refractivity contribution in [3.63, 3.8) is 0 Å². The number of aryl methyl sites for hydroxylation is 2. The highest BCUT2D eigenvalue weighted by atomic mass is 32.2. The smallest absolute Gasteiger partial charge is 0.387 e. The summed E-state index contributed by atoms with van der Waals surface area (Å²) in [6.45, 7) is 5.39. The molecule has 3 nitrogen and oxygen atoms in total. The normalized spacial score (nSPS) is 10.8. The van der Waals surface area contributed by atoms with Gasteiger partial charge in [-0.15, -0.1) is 11.8 Å². The summed E-state index contributed by atoms with van der Waals surface area (Å²) in [4.78, 5) is 13.3. The summed E-state index contributed by atoms with van der Waals surface area (Å²) < 4.78 is 28.5. The predicted octanol–water partition coefficient (Wildman–Crippen LogP) is 5.25. The average molecular weight is 365 g/mol. The lowest BCUT2D eigenvalue weighted by molar-refractivity contribution is -0.113. The molecule has 0 heterocycles. The van der Waals surface area contributed by atoms with E-state index in [4.69, 9.17) is 0 Å². The number of rotatable bonds is 6. The van der Waals surface area contributed by atoms with Gasteiger partial charge < -0.3 is 10.1 Å². The van der Waals surface area contributed by atoms with E-state index < -0.39 is 6.61 Å². The molecule has 134 valence electrons. The molecular weight excluding hydrogens is 344 g/mol. The third-order valence-corrected chi connectivity index (χ3v) is 5.32. The molecule has 0 fully saturated rings. The number of halogens is 2. The van der Waals surface area contributed by atoms with Crippen molar-refractivity contribution in [1.29, 1.82) is 0 Å². The Labute approximate surface area is 150 Å². The Morgan fingerprint density at radius 3 is 2.16 bits per heavy atom. The minimum atomic E-state index is -2.86. The molecular formula is C19H21F2NO2S. The van der Waals surface area contributed by atoms with Crippen LogP contribution in [0.2, 0.25) is 0 Å². The van der Waals surface area contributed by atoms with E-state index in [0.717, 1.165) is 4.90 Å². The molecule has 0 unspecified atom stereocenters. The molecule has 0 aromatic heterocycles. The Morgan fingerprint density at radius 1 is 1.08 bits per heavy atom. The first-order valence-electron chi connectivity index (χ1n) is 7.83. The van der Waals surface area contributed by atoms with Crippen LogP contribution in [0.4, 0.5) is 14.5 Å². The number of carbonyl (C=O) groups excluding carboxylic acids is 1. The quantitative estimate of drug-likeness (QED) is 0.710. The fourth-order valence-corrected chi connectivity index (χ4v) is 3.55. The lowest BCUT2D eigenvalue weighted by atomic mass is 10.0. The highest BCUT2D eigenvalue weighted by molar-refractivity contribution is 8.00. The highest BCUT2D eigenvalue weighted by Gasteiger charge is 2.12. The Morgan fingerprint density at radius 2 is 1.64 bits per heavy atom. The van der Waals surface area contributed by atoms with Crippen molar-refractivity contribution in [2.24, 2.45) is 0 Å². The zero-order valence-corrected chi connectivity index (χ0v) is 15.5. The molecule has 2 aromatic carbocycles. The molecule has 0 atom stereocenters. The van der Waals surface area contributed by atoms with Gasteiger partial charge in [0.15, 0.2) is 0 Å². The van der Waals surface area contributed by atoms with E-state index in [1.807, 2.05) is 0 Å². The molecule has 0 spiro atoms. The number of hydrogen-bond acceptors (Lipinski definition) is 3. The van der Waals surface area contributed by atoms with Crippen LogP contribution in [-0.4, -0.2) is 18.3 Å². The number of benzene rings is 2. The van der Waals surface area contributed by atoms with Gasteiger partial charge in [-0.1, -0.05) is 6.07 Å². The van der Waals surface area contributed by atoms with Crippen molar-refractivity contribution < 1.29 is 18.3 Å². The van der Waals surface area contributed by atoms with Crippen LogP contribution in [0, 0.1) is 27.7 Å². The van der Waals surface area contributed by atoms with Gasteiger partial charge in [0, 0.05) is 10.6 Å². The van der Waals surface area contributed by atoms with Gasteiger partial charge in [-0.05, 0) is 74.2 Å². The van der Waals surface area contributed by atoms with Crippen molar-refractivity contribution in [1.82, 2.24) is 0 Å². The maximum absolute atomic E-state index is 12.2. The summed E-state index contributed by atoms with van der Waals surface area (Å²) in [6.07, 6.45) is 0. The fourth-order valence-electron chi connectivity index (χ4n) is 2.45. The van der Waals surface area contributed by atoms with Crippen LogP contribution in [0.15, 0.2) is 35.2 Å². The SMILES string of the molecule is Cc1cc(C)c(C)c(SCC(=O)Nc2ccc(OC(F)F)cc2)c1C. The molecule has 0 saturated heterocycles. The molecule has 25 heavy (non-hydrogen) atoms. The van der Waals surface area contributed by atoms with Crippen molar-refractivity contribution in [2.75, 3.05) is 11.1 Å². The van der Waals surface area contributed by atoms with Gasteiger partial charge in [0.1, 0.15) is 5.75 Å². The third kappa shape index (κ3) is 5.19. The number of carbonyl (C=O) groups is 1. The van der Waals surface area contributed by atoms with Crippen molar-refractivity contribution in [3.8, 4) is 5.75 Å². The first-order valence-corrected chi connectivity index (χ1v) is 8.81. The lowest BCUT2D eigenvalue weighted by Crippen LogP contribution is -2.14. The predicted molar refractivity (Wildman–Crippen MR) is 97.8 cm³/mol. The summed E-state index contributed by atoms with van der Waals surface area (Å²) in [5, 5.41) is 2.76. The third-order valence-electron chi connectivity index (χ3n) is 4.01. The number of thioether (sulfide) groups is 1. The molecule has 0 radical (unpaired) electrons. The molecule has 1 amide bonds. The molecule has 2 rings (SSSR count). The van der Waals surface area contributed by atoms with E-state index in [0.29, 0.717) is 5.69 Å². The molecule has 0 aliphatic heterocycles. The standard InChI is InChI=1S/C19H21F2NO2S/c1-11-9-12(2)14(4)18(13(11)3)25-10-17(23)22-15-5-7-16(8-6-15)24-19(20)21/h5-9,19H,10H2,1-4H3,(H,22,23). The zero-order chi connectivity index (χ0) is 18.6. The number of alkyl halides is 2. The average Bonchev–Trinajstić information content (AvgIpc) is 2.54. The number of nitrogens with one attached hydrogen (secondary N) is 1. The second-order valence-electron chi connectivity index (χ2n) is 5.83. The molecule has 1 N–H and O–H groups in total. The van der Waals surface area contributed by atoms with Gasteiger partial charge >= 0.3 is 6.61 Å². The Kier molecular flexibility index (Phi) is 6.42. The number of anilines is 1. The maximum Gasteiger partial charge on any atom is 0.387 e. The monoisotopic (exact) mass is 365 g/mol. The van der Waals surface area contributed by atoms with E-state index in [-0.39, 0.29) is 17.4 Å². The van der Waals surface area contributed by atoms with Crippen LogP contribution >= 0.6 is 11.8 Å². The summed E-state index contributed by atoms with van der Waals surface area (Å²) >= 11 is 1.51. The van der Waals surface area contributed by atoms with Gasteiger partial charge in [-0.25, -0.2) is 0 Å². The summed E-state index contributed by atoms with van der Waals surface area (Å²) in [5.74, 6) is 0.189. The van der Waals surface area contributed by atoms with Crippen LogP contribution in [-0.2, 0) is 4.79 Å². The van der Waals surface area contributed by atoms with Gasteiger partial charge in [-0.3, -0.25) is 4.79 Å². The number of ether oxygens (including phenoxy) is 1. The molecule has 2 aromatic rings. The molecule has 0 saturated carbocycles. The van der Waals surface area contributed by atoms with Crippen LogP contribution in [0.1, 0.15) is 22.3 Å². The Bertz CT molecular complexity index is 735. The van der Waals surface area contributed by atoms with E-state index in [2.05, 4.69) is 43.8 Å². The van der Waals surface area contributed by atoms with E-state index in [1.165, 1.54) is 58.3 Å². The van der Waals surface area contributed by atoms with Crippen molar-refractivity contribution in [2.45, 2.75) is 39.2 Å². The topological polar surface area (TPSA) is 38.3 Å². The van der Waals surface area contributed by atoms with Gasteiger partial charge in [0.2, 0.25) is 5.91 Å². The first kappa shape index (κ1) is 19.2. The molecule has 6 heteroatoms. The van der Waals surface area contributed by atoms with Gasteiger partial charge in [0.05, 0.1) is 5.75 Å².